The first-order chi connectivity index (χ1) is 9.25. The Bertz CT molecular complexity index is 612. The van der Waals surface area contributed by atoms with Crippen LogP contribution in [0.2, 0.25) is 0 Å². The lowest BCUT2D eigenvalue weighted by Gasteiger charge is -2.28. The van der Waals surface area contributed by atoms with Gasteiger partial charge in [-0.15, -0.1) is 11.8 Å². The van der Waals surface area contributed by atoms with E-state index in [4.69, 9.17) is 5.11 Å². The lowest BCUT2D eigenvalue weighted by molar-refractivity contribution is -0.139. The van der Waals surface area contributed by atoms with Crippen molar-refractivity contribution >= 4 is 28.6 Å². The van der Waals surface area contributed by atoms with E-state index in [0.29, 0.717) is 6.42 Å². The summed E-state index contributed by atoms with van der Waals surface area (Å²) in [5.41, 5.74) is 2.01. The number of fused-ring (bicyclic) bond motifs is 1. The number of benzene rings is 1. The van der Waals surface area contributed by atoms with E-state index in [1.165, 1.54) is 0 Å². The molecule has 1 saturated heterocycles. The van der Waals surface area contributed by atoms with Crippen LogP contribution in [0.25, 0.3) is 10.9 Å². The molecule has 0 bridgehead atoms. The maximum Gasteiger partial charge on any atom is 0.320 e. The summed E-state index contributed by atoms with van der Waals surface area (Å²) in [5, 5.41) is 13.4. The molecule has 0 aliphatic carbocycles. The van der Waals surface area contributed by atoms with E-state index >= 15 is 0 Å². The molecule has 3 rings (SSSR count). The Labute approximate surface area is 115 Å². The normalized spacial score (nSPS) is 23.4. The number of hydrogen-bond donors (Lipinski definition) is 2. The highest BCUT2D eigenvalue weighted by molar-refractivity contribution is 7.99. The van der Waals surface area contributed by atoms with Crippen LogP contribution in [0.3, 0.4) is 0 Å². The van der Waals surface area contributed by atoms with Gasteiger partial charge in [0, 0.05) is 17.1 Å². The van der Waals surface area contributed by atoms with Crippen LogP contribution in [-0.2, 0) is 4.79 Å². The average molecular weight is 274 g/mol. The molecule has 2 unspecified atom stereocenters. The van der Waals surface area contributed by atoms with E-state index in [1.807, 2.05) is 30.3 Å². The van der Waals surface area contributed by atoms with Crippen molar-refractivity contribution in [2.45, 2.75) is 17.8 Å². The van der Waals surface area contributed by atoms with Gasteiger partial charge in [0.25, 0.3) is 0 Å². The molecular weight excluding hydrogens is 260 g/mol. The van der Waals surface area contributed by atoms with Crippen LogP contribution < -0.4 is 5.32 Å². The van der Waals surface area contributed by atoms with Gasteiger partial charge >= 0.3 is 5.97 Å². The quantitative estimate of drug-likeness (QED) is 0.880. The summed E-state index contributed by atoms with van der Waals surface area (Å²) in [6, 6.07) is 9.50. The molecule has 4 nitrogen and oxygen atoms in total. The van der Waals surface area contributed by atoms with Crippen molar-refractivity contribution in [3.8, 4) is 0 Å². The molecule has 98 valence electrons. The average Bonchev–Trinajstić information content (AvgIpc) is 2.47. The molecule has 1 aromatic carbocycles. The van der Waals surface area contributed by atoms with Crippen LogP contribution in [-0.4, -0.2) is 27.9 Å². The molecule has 2 N–H and O–H groups in total. The molecule has 2 heterocycles. The second kappa shape index (κ2) is 5.19. The van der Waals surface area contributed by atoms with Crippen LogP contribution in [0.5, 0.6) is 0 Å². The fourth-order valence-electron chi connectivity index (χ4n) is 2.33. The second-order valence-corrected chi connectivity index (χ2v) is 5.73. The molecule has 0 radical (unpaired) electrons. The monoisotopic (exact) mass is 274 g/mol. The molecule has 19 heavy (non-hydrogen) atoms. The van der Waals surface area contributed by atoms with Crippen molar-refractivity contribution in [1.29, 1.82) is 0 Å². The Morgan fingerprint density at radius 3 is 3.05 bits per heavy atom. The fourth-order valence-corrected chi connectivity index (χ4v) is 3.57. The van der Waals surface area contributed by atoms with Crippen molar-refractivity contribution in [1.82, 2.24) is 10.3 Å². The Hall–Kier alpha value is -1.59. The standard InChI is InChI=1S/C14H14N2O2S/c17-14(18)11-6-8-19-13(16-11)10-5-1-3-9-4-2-7-15-12(9)10/h1-5,7,11,13,16H,6,8H2,(H,17,18). The minimum absolute atomic E-state index is 0.00606. The molecule has 2 aromatic rings. The topological polar surface area (TPSA) is 62.2 Å². The van der Waals surface area contributed by atoms with Crippen LogP contribution in [0.4, 0.5) is 0 Å². The zero-order valence-corrected chi connectivity index (χ0v) is 11.1. The van der Waals surface area contributed by atoms with Gasteiger partial charge < -0.3 is 5.11 Å². The summed E-state index contributed by atoms with van der Waals surface area (Å²) >= 11 is 1.74. The number of carboxylic acid groups (broad SMARTS) is 1. The smallest absolute Gasteiger partial charge is 0.320 e. The van der Waals surface area contributed by atoms with Gasteiger partial charge in [-0.25, -0.2) is 0 Å². The summed E-state index contributed by atoms with van der Waals surface area (Å²) in [4.78, 5) is 15.5. The lowest BCUT2D eigenvalue weighted by atomic mass is 10.1. The Morgan fingerprint density at radius 2 is 2.21 bits per heavy atom. The number of para-hydroxylation sites is 1. The summed E-state index contributed by atoms with van der Waals surface area (Å²) in [5.74, 6) is 0.0659. The first-order valence-corrected chi connectivity index (χ1v) is 7.24. The predicted molar refractivity (Wildman–Crippen MR) is 76.1 cm³/mol. The maximum absolute atomic E-state index is 11.1. The van der Waals surface area contributed by atoms with Gasteiger partial charge in [-0.1, -0.05) is 24.3 Å². The van der Waals surface area contributed by atoms with Crippen LogP contribution >= 0.6 is 11.8 Å². The third-order valence-corrected chi connectivity index (χ3v) is 4.48. The first kappa shape index (κ1) is 12.4. The molecular formula is C14H14N2O2S. The van der Waals surface area contributed by atoms with Crippen LogP contribution in [0.1, 0.15) is 17.4 Å². The second-order valence-electron chi connectivity index (χ2n) is 4.52. The predicted octanol–water partition coefficient (Wildman–Crippen LogP) is 2.41. The zero-order valence-electron chi connectivity index (χ0n) is 10.2. The number of aliphatic carboxylic acids is 1. The molecule has 1 fully saturated rings. The number of pyridine rings is 1. The van der Waals surface area contributed by atoms with Gasteiger partial charge in [0.1, 0.15) is 6.04 Å². The van der Waals surface area contributed by atoms with E-state index < -0.39 is 12.0 Å². The van der Waals surface area contributed by atoms with Gasteiger partial charge in [-0.3, -0.25) is 15.1 Å². The van der Waals surface area contributed by atoms with Gasteiger partial charge in [0.15, 0.2) is 0 Å². The van der Waals surface area contributed by atoms with E-state index in [-0.39, 0.29) is 5.37 Å². The van der Waals surface area contributed by atoms with Gasteiger partial charge in [0.2, 0.25) is 0 Å². The van der Waals surface area contributed by atoms with E-state index in [0.717, 1.165) is 22.2 Å². The Kier molecular flexibility index (Phi) is 3.40. The van der Waals surface area contributed by atoms with Crippen molar-refractivity contribution < 1.29 is 9.90 Å². The number of hydrogen-bond acceptors (Lipinski definition) is 4. The van der Waals surface area contributed by atoms with Crippen molar-refractivity contribution in [3.05, 3.63) is 42.1 Å². The zero-order chi connectivity index (χ0) is 13.2. The minimum atomic E-state index is -0.779. The van der Waals surface area contributed by atoms with E-state index in [9.17, 15) is 4.79 Å². The number of carboxylic acids is 1. The van der Waals surface area contributed by atoms with E-state index in [2.05, 4.69) is 10.3 Å². The number of aromatic nitrogens is 1. The number of thioether (sulfide) groups is 1. The largest absolute Gasteiger partial charge is 0.480 e. The summed E-state index contributed by atoms with van der Waals surface area (Å²) in [6.45, 7) is 0. The lowest BCUT2D eigenvalue weighted by Crippen LogP contribution is -2.41. The SMILES string of the molecule is O=C(O)C1CCSC(c2cccc3cccnc23)N1. The summed E-state index contributed by atoms with van der Waals surface area (Å²) in [7, 11) is 0. The molecule has 1 aliphatic heterocycles. The number of rotatable bonds is 2. The van der Waals surface area contributed by atoms with Gasteiger partial charge in [0.05, 0.1) is 10.9 Å². The van der Waals surface area contributed by atoms with Gasteiger partial charge in [-0.05, 0) is 18.2 Å². The number of nitrogens with zero attached hydrogens (tertiary/aromatic N) is 1. The number of nitrogens with one attached hydrogen (secondary N) is 1. The third-order valence-electron chi connectivity index (χ3n) is 3.29. The van der Waals surface area contributed by atoms with Crippen LogP contribution in [0.15, 0.2) is 36.5 Å². The molecule has 0 amide bonds. The highest BCUT2D eigenvalue weighted by atomic mass is 32.2. The molecule has 0 saturated carbocycles. The van der Waals surface area contributed by atoms with E-state index in [1.54, 1.807) is 18.0 Å². The minimum Gasteiger partial charge on any atom is -0.480 e. The Morgan fingerprint density at radius 1 is 1.37 bits per heavy atom. The van der Waals surface area contributed by atoms with Crippen LogP contribution in [0, 0.1) is 0 Å². The Balaban J connectivity index is 1.97. The molecule has 1 aliphatic rings. The number of carbonyl (C=O) groups is 1. The highest BCUT2D eigenvalue weighted by Gasteiger charge is 2.28. The molecule has 5 heteroatoms. The fraction of sp³-hybridized carbons (Fsp3) is 0.286. The van der Waals surface area contributed by atoms with Crippen molar-refractivity contribution in [3.63, 3.8) is 0 Å². The highest BCUT2D eigenvalue weighted by Crippen LogP contribution is 2.34. The van der Waals surface area contributed by atoms with Gasteiger partial charge in [-0.2, -0.15) is 0 Å². The molecule has 2 atom stereocenters. The van der Waals surface area contributed by atoms with Crippen molar-refractivity contribution in [2.75, 3.05) is 5.75 Å². The van der Waals surface area contributed by atoms with Crippen molar-refractivity contribution in [2.24, 2.45) is 0 Å². The first-order valence-electron chi connectivity index (χ1n) is 6.20. The maximum atomic E-state index is 11.1. The summed E-state index contributed by atoms with van der Waals surface area (Å²) < 4.78 is 0. The summed E-state index contributed by atoms with van der Waals surface area (Å²) in [6.07, 6.45) is 2.43. The molecule has 0 spiro atoms. The molecule has 1 aromatic heterocycles. The third kappa shape index (κ3) is 2.43.